The second kappa shape index (κ2) is 7.73. The highest BCUT2D eigenvalue weighted by atomic mass is 16.6. The number of anilines is 2. The van der Waals surface area contributed by atoms with Crippen LogP contribution >= 0.6 is 0 Å². The molecule has 0 aliphatic heterocycles. The minimum absolute atomic E-state index is 0.0154. The van der Waals surface area contributed by atoms with Gasteiger partial charge in [-0.25, -0.2) is 4.79 Å². The van der Waals surface area contributed by atoms with Gasteiger partial charge in [-0.3, -0.25) is 14.9 Å². The van der Waals surface area contributed by atoms with Gasteiger partial charge in [0.25, 0.3) is 5.69 Å². The number of nitro benzene ring substituents is 1. The predicted molar refractivity (Wildman–Crippen MR) is 90.0 cm³/mol. The summed E-state index contributed by atoms with van der Waals surface area (Å²) in [6, 6.07) is 12.2. The zero-order valence-corrected chi connectivity index (χ0v) is 12.9. The molecule has 8 nitrogen and oxygen atoms in total. The van der Waals surface area contributed by atoms with Crippen LogP contribution in [0.25, 0.3) is 0 Å². The van der Waals surface area contributed by atoms with Gasteiger partial charge in [0, 0.05) is 30.6 Å². The quantitative estimate of drug-likeness (QED) is 0.578. The third kappa shape index (κ3) is 4.80. The van der Waals surface area contributed by atoms with Gasteiger partial charge >= 0.3 is 6.03 Å². The van der Waals surface area contributed by atoms with Gasteiger partial charge in [0.05, 0.1) is 11.3 Å². The smallest absolute Gasteiger partial charge is 0.318 e. The highest BCUT2D eigenvalue weighted by Gasteiger charge is 2.08. The molecule has 2 aromatic rings. The van der Waals surface area contributed by atoms with Gasteiger partial charge in [0.2, 0.25) is 5.91 Å². The minimum Gasteiger partial charge on any atom is -0.341 e. The van der Waals surface area contributed by atoms with E-state index in [1.165, 1.54) is 19.2 Å². The summed E-state index contributed by atoms with van der Waals surface area (Å²) in [6.07, 6.45) is 0.107. The van der Waals surface area contributed by atoms with Crippen molar-refractivity contribution in [3.05, 3.63) is 64.2 Å². The molecular formula is C16H16N4O4. The number of hydrogen-bond donors (Lipinski definition) is 3. The lowest BCUT2D eigenvalue weighted by Gasteiger charge is -2.08. The van der Waals surface area contributed by atoms with Crippen LogP contribution < -0.4 is 16.0 Å². The van der Waals surface area contributed by atoms with Gasteiger partial charge in [0.1, 0.15) is 0 Å². The number of rotatable bonds is 5. The molecule has 2 rings (SSSR count). The fourth-order valence-corrected chi connectivity index (χ4v) is 1.96. The minimum atomic E-state index is -0.488. The normalized spacial score (nSPS) is 9.88. The first kappa shape index (κ1) is 16.9. The Balaban J connectivity index is 1.92. The van der Waals surface area contributed by atoms with Crippen molar-refractivity contribution in [2.45, 2.75) is 6.42 Å². The van der Waals surface area contributed by atoms with Crippen LogP contribution in [-0.2, 0) is 11.2 Å². The molecule has 0 aliphatic rings. The fraction of sp³-hybridized carbons (Fsp3) is 0.125. The number of amides is 3. The number of nitro groups is 1. The molecule has 0 saturated carbocycles. The van der Waals surface area contributed by atoms with Crippen molar-refractivity contribution in [3.8, 4) is 0 Å². The highest BCUT2D eigenvalue weighted by Crippen LogP contribution is 2.15. The molecule has 0 unspecified atom stereocenters. The Kier molecular flexibility index (Phi) is 5.45. The van der Waals surface area contributed by atoms with Crippen molar-refractivity contribution < 1.29 is 14.5 Å². The lowest BCUT2D eigenvalue weighted by atomic mass is 10.1. The maximum absolute atomic E-state index is 12.0. The molecule has 3 amide bonds. The lowest BCUT2D eigenvalue weighted by Crippen LogP contribution is -2.24. The summed E-state index contributed by atoms with van der Waals surface area (Å²) in [6.45, 7) is 0. The van der Waals surface area contributed by atoms with E-state index in [4.69, 9.17) is 0 Å². The maximum atomic E-state index is 12.0. The Bertz CT molecular complexity index is 742. The van der Waals surface area contributed by atoms with Crippen LogP contribution in [0.3, 0.4) is 0 Å². The maximum Gasteiger partial charge on any atom is 0.318 e. The summed E-state index contributed by atoms with van der Waals surface area (Å²) in [5.74, 6) is -0.240. The Morgan fingerprint density at radius 1 is 0.958 bits per heavy atom. The second-order valence-corrected chi connectivity index (χ2v) is 4.93. The van der Waals surface area contributed by atoms with Gasteiger partial charge < -0.3 is 16.0 Å². The van der Waals surface area contributed by atoms with E-state index in [1.807, 2.05) is 0 Å². The first-order chi connectivity index (χ1) is 11.5. The van der Waals surface area contributed by atoms with Crippen molar-refractivity contribution in [2.75, 3.05) is 17.7 Å². The summed E-state index contributed by atoms with van der Waals surface area (Å²) in [5.41, 5.74) is 1.85. The van der Waals surface area contributed by atoms with E-state index in [0.29, 0.717) is 16.9 Å². The largest absolute Gasteiger partial charge is 0.341 e. The number of carbonyl (C=O) groups excluding carboxylic acids is 2. The number of hydrogen-bond acceptors (Lipinski definition) is 4. The summed E-state index contributed by atoms with van der Waals surface area (Å²) in [7, 11) is 1.52. The third-order valence-corrected chi connectivity index (χ3v) is 3.17. The molecule has 0 atom stereocenters. The van der Waals surface area contributed by atoms with Crippen LogP contribution in [0.5, 0.6) is 0 Å². The average Bonchev–Trinajstić information content (AvgIpc) is 2.57. The Morgan fingerprint density at radius 2 is 1.50 bits per heavy atom. The van der Waals surface area contributed by atoms with Gasteiger partial charge in [0.15, 0.2) is 0 Å². The number of urea groups is 1. The second-order valence-electron chi connectivity index (χ2n) is 4.93. The van der Waals surface area contributed by atoms with E-state index in [0.717, 1.165) is 0 Å². The highest BCUT2D eigenvalue weighted by molar-refractivity contribution is 5.93. The lowest BCUT2D eigenvalue weighted by molar-refractivity contribution is -0.384. The predicted octanol–water partition coefficient (Wildman–Crippen LogP) is 2.53. The first-order valence-corrected chi connectivity index (χ1v) is 7.10. The van der Waals surface area contributed by atoms with Crippen molar-refractivity contribution in [1.29, 1.82) is 0 Å². The molecular weight excluding hydrogens is 312 g/mol. The molecule has 3 N–H and O–H groups in total. The number of non-ortho nitro benzene ring substituents is 1. The standard InChI is InChI=1S/C16H16N4O4/c1-17-16(22)19-13-6-4-12(5-7-13)18-15(21)10-11-2-8-14(9-3-11)20(23)24/h2-9H,10H2,1H3,(H,18,21)(H2,17,19,22). The van der Waals surface area contributed by atoms with E-state index in [1.54, 1.807) is 36.4 Å². The molecule has 124 valence electrons. The molecule has 0 fully saturated rings. The molecule has 0 aliphatic carbocycles. The topological polar surface area (TPSA) is 113 Å². The first-order valence-electron chi connectivity index (χ1n) is 7.10. The molecule has 0 aromatic heterocycles. The molecule has 0 saturated heterocycles. The Labute approximate surface area is 138 Å². The Hall–Kier alpha value is -3.42. The zero-order valence-electron chi connectivity index (χ0n) is 12.9. The monoisotopic (exact) mass is 328 g/mol. The SMILES string of the molecule is CNC(=O)Nc1ccc(NC(=O)Cc2ccc([N+](=O)[O-])cc2)cc1. The number of benzene rings is 2. The zero-order chi connectivity index (χ0) is 17.5. The Morgan fingerprint density at radius 3 is 2.00 bits per heavy atom. The molecule has 0 bridgehead atoms. The summed E-state index contributed by atoms with van der Waals surface area (Å²) in [5, 5.41) is 18.4. The summed E-state index contributed by atoms with van der Waals surface area (Å²) >= 11 is 0. The number of carbonyl (C=O) groups is 2. The molecule has 0 spiro atoms. The molecule has 8 heteroatoms. The van der Waals surface area contributed by atoms with Gasteiger partial charge in [-0.2, -0.15) is 0 Å². The van der Waals surface area contributed by atoms with Crippen molar-refractivity contribution >= 4 is 29.0 Å². The number of nitrogens with zero attached hydrogens (tertiary/aromatic N) is 1. The molecule has 24 heavy (non-hydrogen) atoms. The van der Waals surface area contributed by atoms with Crippen LogP contribution in [0.15, 0.2) is 48.5 Å². The third-order valence-electron chi connectivity index (χ3n) is 3.17. The van der Waals surface area contributed by atoms with Crippen LogP contribution in [0.1, 0.15) is 5.56 Å². The van der Waals surface area contributed by atoms with Crippen molar-refractivity contribution in [1.82, 2.24) is 5.32 Å². The van der Waals surface area contributed by atoms with Crippen LogP contribution in [0.4, 0.5) is 21.9 Å². The van der Waals surface area contributed by atoms with Crippen LogP contribution in [-0.4, -0.2) is 23.9 Å². The van der Waals surface area contributed by atoms with E-state index in [-0.39, 0.29) is 24.0 Å². The molecule has 0 heterocycles. The fourth-order valence-electron chi connectivity index (χ4n) is 1.96. The van der Waals surface area contributed by atoms with Crippen molar-refractivity contribution in [2.24, 2.45) is 0 Å². The van der Waals surface area contributed by atoms with E-state index in [2.05, 4.69) is 16.0 Å². The summed E-state index contributed by atoms with van der Waals surface area (Å²) in [4.78, 5) is 33.3. The van der Waals surface area contributed by atoms with Crippen LogP contribution in [0.2, 0.25) is 0 Å². The van der Waals surface area contributed by atoms with Crippen LogP contribution in [0, 0.1) is 10.1 Å². The van der Waals surface area contributed by atoms with E-state index < -0.39 is 4.92 Å². The molecule has 0 radical (unpaired) electrons. The average molecular weight is 328 g/mol. The van der Waals surface area contributed by atoms with Crippen molar-refractivity contribution in [3.63, 3.8) is 0 Å². The van der Waals surface area contributed by atoms with Gasteiger partial charge in [-0.1, -0.05) is 12.1 Å². The summed E-state index contributed by atoms with van der Waals surface area (Å²) < 4.78 is 0. The van der Waals surface area contributed by atoms with Gasteiger partial charge in [-0.05, 0) is 29.8 Å². The van der Waals surface area contributed by atoms with Gasteiger partial charge in [-0.15, -0.1) is 0 Å². The van der Waals surface area contributed by atoms with E-state index >= 15 is 0 Å². The molecule has 2 aromatic carbocycles. The number of nitrogens with one attached hydrogen (secondary N) is 3. The van der Waals surface area contributed by atoms with E-state index in [9.17, 15) is 19.7 Å².